The third-order valence-corrected chi connectivity index (χ3v) is 6.68. The van der Waals surface area contributed by atoms with Crippen LogP contribution in [0.5, 0.6) is 11.5 Å². The molecule has 0 saturated carbocycles. The van der Waals surface area contributed by atoms with Gasteiger partial charge in [0, 0.05) is 25.1 Å². The minimum atomic E-state index is -3.86. The fourth-order valence-corrected chi connectivity index (χ4v) is 4.48. The predicted molar refractivity (Wildman–Crippen MR) is 127 cm³/mol. The van der Waals surface area contributed by atoms with E-state index in [1.165, 1.54) is 37.3 Å². The second-order valence-corrected chi connectivity index (χ2v) is 9.58. The van der Waals surface area contributed by atoms with E-state index in [1.54, 1.807) is 24.3 Å². The van der Waals surface area contributed by atoms with Gasteiger partial charge in [0.25, 0.3) is 5.56 Å². The Morgan fingerprint density at radius 1 is 1.12 bits per heavy atom. The highest BCUT2D eigenvalue weighted by atomic mass is 32.2. The Labute approximate surface area is 198 Å². The van der Waals surface area contributed by atoms with Crippen LogP contribution in [0.4, 0.5) is 0 Å². The summed E-state index contributed by atoms with van der Waals surface area (Å²) in [5.74, 6) is 0.770. The fraction of sp³-hybridized carbons (Fsp3) is 0.348. The summed E-state index contributed by atoms with van der Waals surface area (Å²) >= 11 is 0. The third-order valence-electron chi connectivity index (χ3n) is 5.22. The first-order valence-electron chi connectivity index (χ1n) is 10.7. The van der Waals surface area contributed by atoms with Crippen molar-refractivity contribution in [2.24, 2.45) is 0 Å². The smallest absolute Gasteiger partial charge is 0.258 e. The molecule has 0 unspecified atom stereocenters. The second-order valence-electron chi connectivity index (χ2n) is 7.81. The standard InChI is InChI=1S/C23H28N4O6S/c1-15(2)27(14-21-25-18-8-6-5-7-17(18)23(29)26-21)22(28)11-12-24-34(30,31)16-9-10-19(32-3)20(13-16)33-4/h5-10,13,15,24H,11-12,14H2,1-4H3,(H,25,26,29). The summed E-state index contributed by atoms with van der Waals surface area (Å²) in [5.41, 5.74) is 0.263. The average molecular weight is 489 g/mol. The molecule has 34 heavy (non-hydrogen) atoms. The normalized spacial score (nSPS) is 11.6. The zero-order valence-electron chi connectivity index (χ0n) is 19.5. The molecule has 0 saturated heterocycles. The maximum absolute atomic E-state index is 12.9. The van der Waals surface area contributed by atoms with Gasteiger partial charge in [0.15, 0.2) is 11.5 Å². The summed E-state index contributed by atoms with van der Waals surface area (Å²) in [7, 11) is -0.991. The molecule has 0 aliphatic heterocycles. The average Bonchev–Trinajstić information content (AvgIpc) is 2.81. The van der Waals surface area contributed by atoms with E-state index in [4.69, 9.17) is 9.47 Å². The zero-order valence-corrected chi connectivity index (χ0v) is 20.3. The fourth-order valence-electron chi connectivity index (χ4n) is 3.43. The lowest BCUT2D eigenvalue weighted by Gasteiger charge is -2.26. The molecule has 1 heterocycles. The molecule has 0 radical (unpaired) electrons. The molecule has 3 aromatic rings. The molecule has 0 aliphatic carbocycles. The highest BCUT2D eigenvalue weighted by molar-refractivity contribution is 7.89. The lowest BCUT2D eigenvalue weighted by molar-refractivity contribution is -0.133. The number of aromatic nitrogens is 2. The monoisotopic (exact) mass is 488 g/mol. The van der Waals surface area contributed by atoms with Crippen LogP contribution in [0.15, 0.2) is 52.2 Å². The SMILES string of the molecule is COc1ccc(S(=O)(=O)NCCC(=O)N(Cc2nc3ccccc3c(=O)[nH]2)C(C)C)cc1OC. The number of amides is 1. The minimum Gasteiger partial charge on any atom is -0.493 e. The first-order chi connectivity index (χ1) is 16.2. The van der Waals surface area contributed by atoms with Gasteiger partial charge < -0.3 is 19.4 Å². The van der Waals surface area contributed by atoms with E-state index in [2.05, 4.69) is 14.7 Å². The Morgan fingerprint density at radius 3 is 2.50 bits per heavy atom. The number of hydrogen-bond acceptors (Lipinski definition) is 7. The number of para-hydroxylation sites is 1. The van der Waals surface area contributed by atoms with E-state index in [1.807, 2.05) is 13.8 Å². The molecular weight excluding hydrogens is 460 g/mol. The first-order valence-corrected chi connectivity index (χ1v) is 12.1. The number of H-pyrrole nitrogens is 1. The Bertz CT molecular complexity index is 1340. The molecule has 1 aromatic heterocycles. The maximum Gasteiger partial charge on any atom is 0.258 e. The molecular formula is C23H28N4O6S. The molecule has 2 aromatic carbocycles. The number of carbonyl (C=O) groups excluding carboxylic acids is 1. The van der Waals surface area contributed by atoms with Crippen molar-refractivity contribution in [2.75, 3.05) is 20.8 Å². The number of methoxy groups -OCH3 is 2. The third kappa shape index (κ3) is 5.72. The van der Waals surface area contributed by atoms with Gasteiger partial charge in [-0.2, -0.15) is 0 Å². The summed E-state index contributed by atoms with van der Waals surface area (Å²) in [6.45, 7) is 3.68. The van der Waals surface area contributed by atoms with Crippen LogP contribution in [0, 0.1) is 0 Å². The summed E-state index contributed by atoms with van der Waals surface area (Å²) in [6.07, 6.45) is -0.0670. The second kappa shape index (κ2) is 10.7. The van der Waals surface area contributed by atoms with Crippen LogP contribution in [0.2, 0.25) is 0 Å². The number of benzene rings is 2. The van der Waals surface area contributed by atoms with Crippen LogP contribution >= 0.6 is 0 Å². The van der Waals surface area contributed by atoms with Crippen LogP contribution in [0.25, 0.3) is 10.9 Å². The van der Waals surface area contributed by atoms with Crippen molar-refractivity contribution in [3.63, 3.8) is 0 Å². The first kappa shape index (κ1) is 25.2. The van der Waals surface area contributed by atoms with E-state index in [9.17, 15) is 18.0 Å². The predicted octanol–water partition coefficient (Wildman–Crippen LogP) is 2.05. The summed E-state index contributed by atoms with van der Waals surface area (Å²) in [4.78, 5) is 33.9. The van der Waals surface area contributed by atoms with Crippen LogP contribution < -0.4 is 19.8 Å². The van der Waals surface area contributed by atoms with E-state index in [-0.39, 0.29) is 47.7 Å². The van der Waals surface area contributed by atoms with Crippen molar-refractivity contribution >= 4 is 26.8 Å². The van der Waals surface area contributed by atoms with Gasteiger partial charge in [0.1, 0.15) is 5.82 Å². The van der Waals surface area contributed by atoms with Gasteiger partial charge in [0.05, 0.1) is 36.6 Å². The molecule has 0 atom stereocenters. The molecule has 0 aliphatic rings. The highest BCUT2D eigenvalue weighted by Crippen LogP contribution is 2.29. The molecule has 0 bridgehead atoms. The van der Waals surface area contributed by atoms with Gasteiger partial charge in [-0.15, -0.1) is 0 Å². The number of rotatable bonds is 10. The lowest BCUT2D eigenvalue weighted by atomic mass is 10.2. The number of ether oxygens (including phenoxy) is 2. The number of fused-ring (bicyclic) bond motifs is 1. The summed E-state index contributed by atoms with van der Waals surface area (Å²) in [6, 6.07) is 11.0. The zero-order chi connectivity index (χ0) is 24.9. The van der Waals surface area contributed by atoms with Crippen LogP contribution in [-0.2, 0) is 21.4 Å². The lowest BCUT2D eigenvalue weighted by Crippen LogP contribution is -2.39. The largest absolute Gasteiger partial charge is 0.493 e. The maximum atomic E-state index is 12.9. The van der Waals surface area contributed by atoms with E-state index in [0.717, 1.165) is 0 Å². The number of sulfonamides is 1. The van der Waals surface area contributed by atoms with Gasteiger partial charge >= 0.3 is 0 Å². The molecule has 1 amide bonds. The number of nitrogens with one attached hydrogen (secondary N) is 2. The quantitative estimate of drug-likeness (QED) is 0.447. The summed E-state index contributed by atoms with van der Waals surface area (Å²) in [5, 5.41) is 0.471. The molecule has 3 rings (SSSR count). The van der Waals surface area contributed by atoms with Crippen LogP contribution in [0.1, 0.15) is 26.1 Å². The Morgan fingerprint density at radius 2 is 1.82 bits per heavy atom. The van der Waals surface area contributed by atoms with Gasteiger partial charge in [-0.25, -0.2) is 18.1 Å². The Kier molecular flexibility index (Phi) is 7.90. The van der Waals surface area contributed by atoms with E-state index in [0.29, 0.717) is 22.5 Å². The van der Waals surface area contributed by atoms with E-state index < -0.39 is 10.0 Å². The minimum absolute atomic E-state index is 0.00347. The Balaban J connectivity index is 1.68. The van der Waals surface area contributed by atoms with Crippen molar-refractivity contribution in [1.82, 2.24) is 19.6 Å². The molecule has 11 heteroatoms. The van der Waals surface area contributed by atoms with Crippen LogP contribution in [-0.4, -0.2) is 56.0 Å². The molecule has 10 nitrogen and oxygen atoms in total. The molecule has 0 spiro atoms. The van der Waals surface area contributed by atoms with E-state index >= 15 is 0 Å². The summed E-state index contributed by atoms with van der Waals surface area (Å²) < 4.78 is 38.0. The molecule has 182 valence electrons. The van der Waals surface area contributed by atoms with Crippen molar-refractivity contribution < 1.29 is 22.7 Å². The molecule has 0 fully saturated rings. The van der Waals surface area contributed by atoms with Crippen LogP contribution in [0.3, 0.4) is 0 Å². The van der Waals surface area contributed by atoms with Crippen molar-refractivity contribution in [3.05, 3.63) is 58.6 Å². The van der Waals surface area contributed by atoms with Gasteiger partial charge in [-0.1, -0.05) is 12.1 Å². The van der Waals surface area contributed by atoms with Gasteiger partial charge in [-0.05, 0) is 38.1 Å². The topological polar surface area (TPSA) is 131 Å². The van der Waals surface area contributed by atoms with Crippen molar-refractivity contribution in [3.8, 4) is 11.5 Å². The van der Waals surface area contributed by atoms with Gasteiger partial charge in [-0.3, -0.25) is 9.59 Å². The van der Waals surface area contributed by atoms with Crippen molar-refractivity contribution in [1.29, 1.82) is 0 Å². The molecule has 2 N–H and O–H groups in total. The number of hydrogen-bond donors (Lipinski definition) is 2. The number of nitrogens with zero attached hydrogens (tertiary/aromatic N) is 2. The number of aromatic amines is 1. The van der Waals surface area contributed by atoms with Crippen molar-refractivity contribution in [2.45, 2.75) is 37.8 Å². The van der Waals surface area contributed by atoms with Gasteiger partial charge in [0.2, 0.25) is 15.9 Å². The Hall–Kier alpha value is -3.44. The number of carbonyl (C=O) groups is 1. The highest BCUT2D eigenvalue weighted by Gasteiger charge is 2.21.